The Morgan fingerprint density at radius 3 is 2.53 bits per heavy atom. The fourth-order valence-electron chi connectivity index (χ4n) is 3.76. The summed E-state index contributed by atoms with van der Waals surface area (Å²) in [6.07, 6.45) is 1.33. The number of benzene rings is 3. The van der Waals surface area contributed by atoms with Gasteiger partial charge in [0.1, 0.15) is 11.3 Å². The maximum Gasteiger partial charge on any atom is 0.343 e. The molecule has 1 aliphatic heterocycles. The normalized spacial score (nSPS) is 11.6. The molecule has 0 spiro atoms. The smallest absolute Gasteiger partial charge is 0.343 e. The number of nitrogens with zero attached hydrogens (tertiary/aromatic N) is 1. The molecule has 4 aromatic rings. The highest BCUT2D eigenvalue weighted by molar-refractivity contribution is 6.03. The lowest BCUT2D eigenvalue weighted by Gasteiger charge is -2.26. The average molecular weight is 408 g/mol. The third-order valence-corrected chi connectivity index (χ3v) is 5.06. The van der Waals surface area contributed by atoms with Gasteiger partial charge in [-0.2, -0.15) is 0 Å². The molecule has 7 heteroatoms. The van der Waals surface area contributed by atoms with Gasteiger partial charge in [0.05, 0.1) is 28.9 Å². The second kappa shape index (κ2) is 6.95. The van der Waals surface area contributed by atoms with Crippen LogP contribution in [0.2, 0.25) is 0 Å². The Kier molecular flexibility index (Phi) is 4.53. The van der Waals surface area contributed by atoms with Gasteiger partial charge >= 0.3 is 5.97 Å². The van der Waals surface area contributed by atoms with Crippen LogP contribution in [0, 0.1) is 11.6 Å². The Balaban J connectivity index is 0.00000218. The van der Waals surface area contributed by atoms with Gasteiger partial charge in [-0.1, -0.05) is 31.7 Å². The van der Waals surface area contributed by atoms with Crippen molar-refractivity contribution in [3.8, 4) is 5.69 Å². The zero-order valence-corrected chi connectivity index (χ0v) is 15.3. The summed E-state index contributed by atoms with van der Waals surface area (Å²) in [6.45, 7) is 1.71. The first kappa shape index (κ1) is 19.6. The van der Waals surface area contributed by atoms with E-state index in [0.29, 0.717) is 11.4 Å². The molecule has 0 unspecified atom stereocenters. The number of carbonyl (C=O) groups excluding carboxylic acids is 1. The second-order valence-corrected chi connectivity index (χ2v) is 6.75. The fourth-order valence-corrected chi connectivity index (χ4v) is 3.76. The molecular weight excluding hydrogens is 390 g/mol. The van der Waals surface area contributed by atoms with Crippen molar-refractivity contribution in [3.05, 3.63) is 76.1 Å². The summed E-state index contributed by atoms with van der Waals surface area (Å²) >= 11 is 0. The van der Waals surface area contributed by atoms with Gasteiger partial charge in [0.15, 0.2) is 11.6 Å². The quantitative estimate of drug-likeness (QED) is 0.403. The molecule has 0 bridgehead atoms. The van der Waals surface area contributed by atoms with Gasteiger partial charge in [0.25, 0.3) is 0 Å². The van der Waals surface area contributed by atoms with Crippen molar-refractivity contribution in [3.63, 3.8) is 0 Å². The van der Waals surface area contributed by atoms with E-state index in [4.69, 9.17) is 4.74 Å². The second-order valence-electron chi connectivity index (χ2n) is 6.75. The number of ether oxygens (including phenoxy) is 1. The zero-order chi connectivity index (χ0) is 20.3. The summed E-state index contributed by atoms with van der Waals surface area (Å²) in [5, 5.41) is 4.64. The molecule has 1 aliphatic rings. The van der Waals surface area contributed by atoms with E-state index in [-0.39, 0.29) is 36.2 Å². The third kappa shape index (κ3) is 2.66. The molecule has 0 saturated carbocycles. The summed E-state index contributed by atoms with van der Waals surface area (Å²) in [5.74, 6) is -3.07. The minimum absolute atomic E-state index is 0. The maximum absolute atomic E-state index is 14.6. The highest BCUT2D eigenvalue weighted by atomic mass is 19.2. The number of hydrogen-bond donors (Lipinski definition) is 1. The van der Waals surface area contributed by atoms with E-state index in [9.17, 15) is 18.4 Å². The van der Waals surface area contributed by atoms with Crippen LogP contribution in [0.4, 0.5) is 20.2 Å². The molecule has 5 rings (SSSR count). The maximum atomic E-state index is 14.6. The van der Waals surface area contributed by atoms with Crippen LogP contribution in [0.25, 0.3) is 27.4 Å². The predicted octanol–water partition coefficient (Wildman–Crippen LogP) is 5.29. The van der Waals surface area contributed by atoms with Crippen molar-refractivity contribution in [2.24, 2.45) is 0 Å². The van der Waals surface area contributed by atoms with Crippen molar-refractivity contribution in [2.75, 3.05) is 11.9 Å². The van der Waals surface area contributed by atoms with Crippen LogP contribution >= 0.6 is 0 Å². The molecule has 0 aliphatic carbocycles. The lowest BCUT2D eigenvalue weighted by Crippen LogP contribution is -2.23. The van der Waals surface area contributed by atoms with Crippen LogP contribution in [0.15, 0.2) is 53.5 Å². The topological polar surface area (TPSA) is 60.3 Å². The van der Waals surface area contributed by atoms with Crippen molar-refractivity contribution < 1.29 is 18.3 Å². The van der Waals surface area contributed by atoms with E-state index in [1.807, 2.05) is 36.4 Å². The molecular formula is C23H18F2N2O3. The Bertz CT molecular complexity index is 1410. The number of carbonyl (C=O) groups is 1. The number of pyridine rings is 1. The van der Waals surface area contributed by atoms with Crippen molar-refractivity contribution in [1.82, 2.24) is 4.57 Å². The number of aromatic nitrogens is 1. The number of rotatable bonds is 2. The largest absolute Gasteiger partial charge is 0.462 e. The van der Waals surface area contributed by atoms with E-state index in [2.05, 4.69) is 5.32 Å². The third-order valence-electron chi connectivity index (χ3n) is 5.06. The summed E-state index contributed by atoms with van der Waals surface area (Å²) < 4.78 is 35.4. The lowest BCUT2D eigenvalue weighted by atomic mass is 10.0. The Morgan fingerprint density at radius 1 is 1.13 bits per heavy atom. The molecule has 0 fully saturated rings. The molecule has 3 aromatic carbocycles. The zero-order valence-electron chi connectivity index (χ0n) is 15.3. The number of fused-ring (bicyclic) bond motifs is 3. The van der Waals surface area contributed by atoms with Crippen LogP contribution in [-0.4, -0.2) is 17.1 Å². The highest BCUT2D eigenvalue weighted by Crippen LogP contribution is 2.40. The van der Waals surface area contributed by atoms with Gasteiger partial charge in [-0.05, 0) is 35.9 Å². The predicted molar refractivity (Wildman–Crippen MR) is 113 cm³/mol. The molecule has 1 N–H and O–H groups in total. The van der Waals surface area contributed by atoms with Crippen LogP contribution in [0.3, 0.4) is 0 Å². The van der Waals surface area contributed by atoms with Gasteiger partial charge in [-0.15, -0.1) is 0 Å². The minimum Gasteiger partial charge on any atom is -0.462 e. The standard InChI is InChI=1S/C22H14F2N2O3.CH4/c1-2-29-22(28)14-10-26-17-8-12-6-4-3-5-11(12)7-16(17)25-19-18(24)15(23)9-13(20(19)26)21(14)27;/h3-10,25H,2H2,1H3;1H4. The molecule has 2 heterocycles. The van der Waals surface area contributed by atoms with Crippen LogP contribution in [0.1, 0.15) is 24.7 Å². The van der Waals surface area contributed by atoms with Crippen LogP contribution in [0.5, 0.6) is 0 Å². The summed E-state index contributed by atoms with van der Waals surface area (Å²) in [7, 11) is 0. The minimum atomic E-state index is -1.17. The van der Waals surface area contributed by atoms with Gasteiger partial charge in [0, 0.05) is 6.20 Å². The van der Waals surface area contributed by atoms with Gasteiger partial charge in [-0.25, -0.2) is 13.6 Å². The molecule has 0 amide bonds. The van der Waals surface area contributed by atoms with Crippen molar-refractivity contribution in [2.45, 2.75) is 14.4 Å². The Hall–Kier alpha value is -3.74. The Labute approximate surface area is 170 Å². The fraction of sp³-hybridized carbons (Fsp3) is 0.130. The van der Waals surface area contributed by atoms with Crippen molar-refractivity contribution >= 4 is 39.0 Å². The van der Waals surface area contributed by atoms with Crippen LogP contribution < -0.4 is 10.7 Å². The number of hydrogen-bond acceptors (Lipinski definition) is 4. The first-order chi connectivity index (χ1) is 14.0. The van der Waals surface area contributed by atoms with Gasteiger partial charge < -0.3 is 14.6 Å². The van der Waals surface area contributed by atoms with Crippen LogP contribution in [-0.2, 0) is 4.74 Å². The first-order valence-corrected chi connectivity index (χ1v) is 9.04. The average Bonchev–Trinajstić information content (AvgIpc) is 2.72. The number of esters is 1. The monoisotopic (exact) mass is 408 g/mol. The lowest BCUT2D eigenvalue weighted by molar-refractivity contribution is 0.0524. The van der Waals surface area contributed by atoms with Gasteiger partial charge in [-0.3, -0.25) is 4.79 Å². The van der Waals surface area contributed by atoms with E-state index < -0.39 is 23.0 Å². The molecule has 152 valence electrons. The van der Waals surface area contributed by atoms with Gasteiger partial charge in [0.2, 0.25) is 5.43 Å². The van der Waals surface area contributed by atoms with E-state index in [1.54, 1.807) is 11.5 Å². The van der Waals surface area contributed by atoms with E-state index in [0.717, 1.165) is 16.8 Å². The number of nitrogens with one attached hydrogen (secondary N) is 1. The molecule has 1 aromatic heterocycles. The van der Waals surface area contributed by atoms with E-state index in [1.165, 1.54) is 6.20 Å². The summed E-state index contributed by atoms with van der Waals surface area (Å²) in [6, 6.07) is 12.1. The molecule has 30 heavy (non-hydrogen) atoms. The first-order valence-electron chi connectivity index (χ1n) is 9.04. The molecule has 0 saturated heterocycles. The SMILES string of the molecule is C.CCOC(=O)c1cn2c3c(c(F)c(F)cc3c1=O)Nc1cc3ccccc3cc1-2. The number of anilines is 2. The molecule has 0 radical (unpaired) electrons. The Morgan fingerprint density at radius 2 is 1.83 bits per heavy atom. The summed E-state index contributed by atoms with van der Waals surface area (Å²) in [5.41, 5.74) is 0.219. The molecule has 5 nitrogen and oxygen atoms in total. The molecule has 0 atom stereocenters. The summed E-state index contributed by atoms with van der Waals surface area (Å²) in [4.78, 5) is 25.2. The van der Waals surface area contributed by atoms with E-state index >= 15 is 0 Å². The van der Waals surface area contributed by atoms with Crippen molar-refractivity contribution in [1.29, 1.82) is 0 Å². The highest BCUT2D eigenvalue weighted by Gasteiger charge is 2.27. The number of halogens is 2.